The molecule has 98 valence electrons. The van der Waals surface area contributed by atoms with E-state index < -0.39 is 11.6 Å². The predicted molar refractivity (Wildman–Crippen MR) is 72.8 cm³/mol. The third kappa shape index (κ3) is 2.61. The van der Waals surface area contributed by atoms with Crippen LogP contribution in [0.15, 0.2) is 12.1 Å². The van der Waals surface area contributed by atoms with E-state index in [1.165, 1.54) is 12.1 Å². The highest BCUT2D eigenvalue weighted by Crippen LogP contribution is 2.39. The molecule has 1 aromatic rings. The topological polar surface area (TPSA) is 29.3 Å². The third-order valence-corrected chi connectivity index (χ3v) is 3.70. The van der Waals surface area contributed by atoms with E-state index >= 15 is 0 Å². The average molecular weight is 270 g/mol. The number of nitrogens with zero attached hydrogens (tertiary/aromatic N) is 1. The smallest absolute Gasteiger partial charge is 0.150 e. The molecule has 0 aromatic heterocycles. The van der Waals surface area contributed by atoms with E-state index in [4.69, 9.17) is 18.0 Å². The van der Waals surface area contributed by atoms with Gasteiger partial charge in [-0.15, -0.1) is 0 Å². The number of anilines is 1. The molecule has 5 heteroatoms. The number of rotatable bonds is 4. The lowest BCUT2D eigenvalue weighted by molar-refractivity contribution is 0.571. The lowest BCUT2D eigenvalue weighted by Crippen LogP contribution is -2.23. The molecule has 0 aliphatic heterocycles. The monoisotopic (exact) mass is 270 g/mol. The third-order valence-electron chi connectivity index (χ3n) is 3.47. The fraction of sp³-hybridized carbons (Fsp3) is 0.462. The summed E-state index contributed by atoms with van der Waals surface area (Å²) in [5.74, 6) is -0.0549. The molecule has 0 amide bonds. The van der Waals surface area contributed by atoms with Gasteiger partial charge in [0.1, 0.15) is 22.3 Å². The fourth-order valence-corrected chi connectivity index (χ4v) is 2.29. The van der Waals surface area contributed by atoms with Crippen LogP contribution in [0.2, 0.25) is 0 Å². The molecule has 18 heavy (non-hydrogen) atoms. The van der Waals surface area contributed by atoms with Crippen LogP contribution in [0, 0.1) is 23.5 Å². The Morgan fingerprint density at radius 3 is 2.33 bits per heavy atom. The highest BCUT2D eigenvalue weighted by atomic mass is 32.1. The van der Waals surface area contributed by atoms with Crippen LogP contribution in [0.4, 0.5) is 14.5 Å². The number of hydrogen-bond donors (Lipinski definition) is 1. The molecule has 2 rings (SSSR count). The summed E-state index contributed by atoms with van der Waals surface area (Å²) >= 11 is 4.72. The summed E-state index contributed by atoms with van der Waals surface area (Å²) in [6.07, 6.45) is 1.12. The van der Waals surface area contributed by atoms with E-state index in [-0.39, 0.29) is 16.2 Å². The number of hydrogen-bond acceptors (Lipinski definition) is 2. The molecular formula is C13H16F2N2S. The number of halogens is 2. The van der Waals surface area contributed by atoms with Gasteiger partial charge in [-0.25, -0.2) is 8.78 Å². The van der Waals surface area contributed by atoms with Gasteiger partial charge < -0.3 is 10.6 Å². The van der Waals surface area contributed by atoms with Crippen molar-refractivity contribution < 1.29 is 8.78 Å². The molecule has 0 spiro atoms. The lowest BCUT2D eigenvalue weighted by atomic mass is 10.1. The number of benzene rings is 1. The van der Waals surface area contributed by atoms with Crippen LogP contribution in [-0.2, 0) is 0 Å². The van der Waals surface area contributed by atoms with Gasteiger partial charge in [-0.05, 0) is 30.4 Å². The Hall–Kier alpha value is -1.23. The van der Waals surface area contributed by atoms with E-state index in [0.717, 1.165) is 6.42 Å². The summed E-state index contributed by atoms with van der Waals surface area (Å²) in [6, 6.07) is 2.38. The first-order valence-electron chi connectivity index (χ1n) is 5.90. The van der Waals surface area contributed by atoms with E-state index in [2.05, 4.69) is 6.92 Å². The van der Waals surface area contributed by atoms with E-state index in [0.29, 0.717) is 18.4 Å². The second-order valence-electron chi connectivity index (χ2n) is 5.01. The van der Waals surface area contributed by atoms with Crippen LogP contribution in [0.1, 0.15) is 18.9 Å². The van der Waals surface area contributed by atoms with Gasteiger partial charge >= 0.3 is 0 Å². The molecule has 1 aromatic carbocycles. The molecule has 2 unspecified atom stereocenters. The molecular weight excluding hydrogens is 254 g/mol. The molecule has 0 radical (unpaired) electrons. The predicted octanol–water partition coefficient (Wildman–Crippen LogP) is 2.69. The maximum absolute atomic E-state index is 13.9. The Kier molecular flexibility index (Phi) is 3.52. The van der Waals surface area contributed by atoms with Gasteiger partial charge in [0, 0.05) is 19.2 Å². The second-order valence-corrected chi connectivity index (χ2v) is 5.45. The Bertz CT molecular complexity index is 467. The fourth-order valence-electron chi connectivity index (χ4n) is 2.17. The molecule has 1 saturated carbocycles. The van der Waals surface area contributed by atoms with Crippen molar-refractivity contribution in [3.8, 4) is 0 Å². The van der Waals surface area contributed by atoms with Crippen LogP contribution >= 0.6 is 12.2 Å². The maximum Gasteiger partial charge on any atom is 0.150 e. The van der Waals surface area contributed by atoms with Crippen LogP contribution in [-0.4, -0.2) is 18.6 Å². The number of nitrogens with two attached hydrogens (primary N) is 1. The highest BCUT2D eigenvalue weighted by molar-refractivity contribution is 7.80. The Labute approximate surface area is 111 Å². The molecule has 0 saturated heterocycles. The van der Waals surface area contributed by atoms with Gasteiger partial charge in [-0.3, -0.25) is 0 Å². The molecule has 1 aliphatic carbocycles. The zero-order valence-corrected chi connectivity index (χ0v) is 11.2. The minimum Gasteiger partial charge on any atom is -0.389 e. The van der Waals surface area contributed by atoms with E-state index in [1.807, 2.05) is 0 Å². The van der Waals surface area contributed by atoms with Gasteiger partial charge in [-0.2, -0.15) is 0 Å². The zero-order valence-electron chi connectivity index (χ0n) is 10.4. The Balaban J connectivity index is 2.24. The van der Waals surface area contributed by atoms with Gasteiger partial charge in [0.2, 0.25) is 0 Å². The van der Waals surface area contributed by atoms with Crippen LogP contribution in [0.5, 0.6) is 0 Å². The molecule has 1 fully saturated rings. The summed E-state index contributed by atoms with van der Waals surface area (Å²) in [6.45, 7) is 2.81. The van der Waals surface area contributed by atoms with E-state index in [9.17, 15) is 8.78 Å². The number of thiocarbonyl (C=S) groups is 1. The second kappa shape index (κ2) is 4.80. The average Bonchev–Trinajstić information content (AvgIpc) is 2.92. The first-order chi connectivity index (χ1) is 8.40. The van der Waals surface area contributed by atoms with Crippen molar-refractivity contribution in [1.29, 1.82) is 0 Å². The molecule has 2 nitrogen and oxygen atoms in total. The zero-order chi connectivity index (χ0) is 13.4. The summed E-state index contributed by atoms with van der Waals surface area (Å²) in [4.78, 5) is 1.63. The van der Waals surface area contributed by atoms with Crippen molar-refractivity contribution in [2.45, 2.75) is 13.3 Å². The molecule has 1 aliphatic rings. The van der Waals surface area contributed by atoms with Gasteiger partial charge in [0.05, 0.1) is 0 Å². The van der Waals surface area contributed by atoms with Crippen molar-refractivity contribution in [3.05, 3.63) is 29.3 Å². The summed E-state index contributed by atoms with van der Waals surface area (Å²) < 4.78 is 27.8. The van der Waals surface area contributed by atoms with Crippen molar-refractivity contribution in [2.75, 3.05) is 18.5 Å². The van der Waals surface area contributed by atoms with E-state index in [1.54, 1.807) is 11.9 Å². The standard InChI is InChI=1S/C13H16F2N2S/c1-7-3-9(7)6-17(2)12-10(14)4-8(13(16)18)5-11(12)15/h4-5,7,9H,3,6H2,1-2H3,(H2,16,18). The molecule has 2 N–H and O–H groups in total. The lowest BCUT2D eigenvalue weighted by Gasteiger charge is -2.21. The first kappa shape index (κ1) is 13.2. The SMILES string of the molecule is CC1CC1CN(C)c1c(F)cc(C(N)=S)cc1F. The minimum atomic E-state index is -0.617. The van der Waals surface area contributed by atoms with Crippen molar-refractivity contribution in [1.82, 2.24) is 0 Å². The van der Waals surface area contributed by atoms with Gasteiger partial charge in [0.15, 0.2) is 0 Å². The van der Waals surface area contributed by atoms with Gasteiger partial charge in [0.25, 0.3) is 0 Å². The summed E-state index contributed by atoms with van der Waals surface area (Å²) in [7, 11) is 1.70. The van der Waals surface area contributed by atoms with Crippen LogP contribution < -0.4 is 10.6 Å². The first-order valence-corrected chi connectivity index (χ1v) is 6.31. The van der Waals surface area contributed by atoms with Crippen LogP contribution in [0.25, 0.3) is 0 Å². The quantitative estimate of drug-likeness (QED) is 0.853. The largest absolute Gasteiger partial charge is 0.389 e. The normalized spacial score (nSPS) is 21.8. The molecule has 0 bridgehead atoms. The Morgan fingerprint density at radius 2 is 1.94 bits per heavy atom. The maximum atomic E-state index is 13.9. The minimum absolute atomic E-state index is 0.00202. The van der Waals surface area contributed by atoms with Crippen LogP contribution in [0.3, 0.4) is 0 Å². The summed E-state index contributed by atoms with van der Waals surface area (Å²) in [5, 5.41) is 0. The molecule has 0 heterocycles. The Morgan fingerprint density at radius 1 is 1.44 bits per heavy atom. The van der Waals surface area contributed by atoms with Gasteiger partial charge in [-0.1, -0.05) is 19.1 Å². The summed E-state index contributed by atoms with van der Waals surface area (Å²) in [5.41, 5.74) is 5.59. The van der Waals surface area contributed by atoms with Crippen molar-refractivity contribution >= 4 is 22.9 Å². The molecule has 2 atom stereocenters. The highest BCUT2D eigenvalue weighted by Gasteiger charge is 2.34. The van der Waals surface area contributed by atoms with Crippen molar-refractivity contribution in [3.63, 3.8) is 0 Å². The van der Waals surface area contributed by atoms with Crippen molar-refractivity contribution in [2.24, 2.45) is 17.6 Å².